The Morgan fingerprint density at radius 3 is 3.00 bits per heavy atom. The van der Waals surface area contributed by atoms with Crippen LogP contribution in [0.2, 0.25) is 0 Å². The summed E-state index contributed by atoms with van der Waals surface area (Å²) in [5.41, 5.74) is 6.93. The molecule has 18 heavy (non-hydrogen) atoms. The molecule has 1 aliphatic heterocycles. The lowest BCUT2D eigenvalue weighted by Crippen LogP contribution is -2.19. The third-order valence-corrected chi connectivity index (χ3v) is 3.44. The van der Waals surface area contributed by atoms with Gasteiger partial charge >= 0.3 is 5.97 Å². The molecule has 0 aromatic carbocycles. The van der Waals surface area contributed by atoms with E-state index in [1.54, 1.807) is 6.07 Å². The van der Waals surface area contributed by atoms with E-state index < -0.39 is 0 Å². The fraction of sp³-hybridized carbons (Fsp3) is 0.615. The summed E-state index contributed by atoms with van der Waals surface area (Å²) in [6.07, 6.45) is 6.13. The van der Waals surface area contributed by atoms with Gasteiger partial charge in [0.1, 0.15) is 12.3 Å². The average molecular weight is 250 g/mol. The number of hydrogen-bond acceptors (Lipinski definition) is 4. The number of esters is 1. The van der Waals surface area contributed by atoms with E-state index in [1.807, 2.05) is 10.8 Å². The van der Waals surface area contributed by atoms with Crippen LogP contribution in [0.4, 0.5) is 5.69 Å². The van der Waals surface area contributed by atoms with E-state index in [4.69, 9.17) is 15.2 Å². The second kappa shape index (κ2) is 4.65. The van der Waals surface area contributed by atoms with Crippen molar-refractivity contribution < 1.29 is 14.3 Å². The van der Waals surface area contributed by atoms with E-state index in [9.17, 15) is 4.79 Å². The third-order valence-electron chi connectivity index (χ3n) is 3.44. The van der Waals surface area contributed by atoms with Gasteiger partial charge in [-0.2, -0.15) is 0 Å². The molecule has 5 nitrogen and oxygen atoms in total. The van der Waals surface area contributed by atoms with Crippen molar-refractivity contribution in [1.82, 2.24) is 4.57 Å². The minimum absolute atomic E-state index is 0.0654. The molecule has 1 aliphatic carbocycles. The number of aromatic nitrogens is 1. The summed E-state index contributed by atoms with van der Waals surface area (Å²) in [6.45, 7) is 1.11. The summed E-state index contributed by atoms with van der Waals surface area (Å²) in [5, 5.41) is 0. The molecule has 0 bridgehead atoms. The summed E-state index contributed by atoms with van der Waals surface area (Å²) >= 11 is 0. The Kier molecular flexibility index (Phi) is 2.99. The highest BCUT2D eigenvalue weighted by atomic mass is 16.6. The molecule has 1 aromatic rings. The summed E-state index contributed by atoms with van der Waals surface area (Å²) in [5.74, 6) is -0.297. The molecule has 5 heteroatoms. The fourth-order valence-electron chi connectivity index (χ4n) is 2.34. The van der Waals surface area contributed by atoms with Crippen molar-refractivity contribution >= 4 is 11.7 Å². The first kappa shape index (κ1) is 11.6. The fourth-order valence-corrected chi connectivity index (χ4v) is 2.34. The Morgan fingerprint density at radius 2 is 2.33 bits per heavy atom. The van der Waals surface area contributed by atoms with Gasteiger partial charge in [-0.25, -0.2) is 4.79 Å². The van der Waals surface area contributed by atoms with E-state index in [0.29, 0.717) is 24.0 Å². The molecule has 0 spiro atoms. The Hall–Kier alpha value is -1.49. The topological polar surface area (TPSA) is 66.5 Å². The summed E-state index contributed by atoms with van der Waals surface area (Å²) in [7, 11) is 0. The number of nitrogens with two attached hydrogens (primary N) is 1. The summed E-state index contributed by atoms with van der Waals surface area (Å²) in [6, 6.07) is 2.11. The third kappa shape index (κ3) is 2.36. The number of carbonyl (C=O) groups excluding carboxylic acids is 1. The molecule has 98 valence electrons. The number of ether oxygens (including phenoxy) is 2. The predicted octanol–water partition coefficient (Wildman–Crippen LogP) is 1.74. The van der Waals surface area contributed by atoms with Gasteiger partial charge in [-0.15, -0.1) is 0 Å². The average Bonchev–Trinajstić information content (AvgIpc) is 2.92. The maximum Gasteiger partial charge on any atom is 0.355 e. The summed E-state index contributed by atoms with van der Waals surface area (Å²) < 4.78 is 12.7. The Balaban J connectivity index is 1.64. The minimum Gasteiger partial charge on any atom is -0.458 e. The molecule has 1 unspecified atom stereocenters. The molecule has 1 aromatic heterocycles. The number of carbonyl (C=O) groups is 1. The van der Waals surface area contributed by atoms with Gasteiger partial charge in [0.05, 0.1) is 11.8 Å². The number of rotatable bonds is 4. The zero-order valence-electron chi connectivity index (χ0n) is 10.3. The largest absolute Gasteiger partial charge is 0.458 e. The number of nitrogen functional groups attached to an aromatic ring is 1. The number of nitrogens with zero attached hydrogens (tertiary/aromatic N) is 1. The van der Waals surface area contributed by atoms with Crippen LogP contribution >= 0.6 is 0 Å². The second-order valence-electron chi connectivity index (χ2n) is 5.03. The first-order valence-electron chi connectivity index (χ1n) is 6.50. The zero-order valence-corrected chi connectivity index (χ0v) is 10.3. The van der Waals surface area contributed by atoms with E-state index in [0.717, 1.165) is 32.3 Å². The van der Waals surface area contributed by atoms with Crippen molar-refractivity contribution in [2.75, 3.05) is 18.9 Å². The molecular weight excluding hydrogens is 232 g/mol. The molecule has 0 amide bonds. The SMILES string of the molecule is Nc1cc(C(=O)OCC2CCCO2)n(C2CC2)c1. The van der Waals surface area contributed by atoms with Gasteiger partial charge in [0.2, 0.25) is 0 Å². The molecule has 1 atom stereocenters. The quantitative estimate of drug-likeness (QED) is 0.827. The maximum atomic E-state index is 12.0. The van der Waals surface area contributed by atoms with Crippen LogP contribution in [0.3, 0.4) is 0 Å². The lowest BCUT2D eigenvalue weighted by Gasteiger charge is -2.11. The predicted molar refractivity (Wildman–Crippen MR) is 66.4 cm³/mol. The van der Waals surface area contributed by atoms with Gasteiger partial charge in [0.25, 0.3) is 0 Å². The van der Waals surface area contributed by atoms with Gasteiger partial charge in [0.15, 0.2) is 0 Å². The maximum absolute atomic E-state index is 12.0. The van der Waals surface area contributed by atoms with Crippen LogP contribution in [0.5, 0.6) is 0 Å². The van der Waals surface area contributed by atoms with Crippen molar-refractivity contribution in [2.45, 2.75) is 37.8 Å². The van der Waals surface area contributed by atoms with Crippen LogP contribution in [0.15, 0.2) is 12.3 Å². The number of hydrogen-bond donors (Lipinski definition) is 1. The monoisotopic (exact) mass is 250 g/mol. The highest BCUT2D eigenvalue weighted by molar-refractivity contribution is 5.89. The molecule has 3 rings (SSSR count). The van der Waals surface area contributed by atoms with Crippen LogP contribution in [0, 0.1) is 0 Å². The van der Waals surface area contributed by atoms with Gasteiger partial charge < -0.3 is 19.8 Å². The van der Waals surface area contributed by atoms with E-state index in [-0.39, 0.29) is 12.1 Å². The van der Waals surface area contributed by atoms with Gasteiger partial charge in [0, 0.05) is 18.8 Å². The molecule has 1 saturated carbocycles. The molecule has 0 radical (unpaired) electrons. The first-order valence-corrected chi connectivity index (χ1v) is 6.50. The van der Waals surface area contributed by atoms with Crippen molar-refractivity contribution in [2.24, 2.45) is 0 Å². The van der Waals surface area contributed by atoms with Crippen LogP contribution < -0.4 is 5.73 Å². The number of anilines is 1. The van der Waals surface area contributed by atoms with Gasteiger partial charge in [-0.05, 0) is 31.7 Å². The second-order valence-corrected chi connectivity index (χ2v) is 5.03. The first-order chi connectivity index (χ1) is 8.74. The van der Waals surface area contributed by atoms with Crippen LogP contribution in [-0.4, -0.2) is 29.9 Å². The molecule has 2 aliphatic rings. The highest BCUT2D eigenvalue weighted by Crippen LogP contribution is 2.37. The van der Waals surface area contributed by atoms with Crippen LogP contribution in [0.1, 0.15) is 42.2 Å². The minimum atomic E-state index is -0.297. The lowest BCUT2D eigenvalue weighted by atomic mass is 10.2. The van der Waals surface area contributed by atoms with Crippen LogP contribution in [0.25, 0.3) is 0 Å². The molecule has 1 saturated heterocycles. The van der Waals surface area contributed by atoms with E-state index >= 15 is 0 Å². The molecular formula is C13H18N2O3. The van der Waals surface area contributed by atoms with E-state index in [2.05, 4.69) is 0 Å². The van der Waals surface area contributed by atoms with Gasteiger partial charge in [-0.3, -0.25) is 0 Å². The summed E-state index contributed by atoms with van der Waals surface area (Å²) in [4.78, 5) is 12.0. The van der Waals surface area contributed by atoms with Crippen molar-refractivity contribution in [1.29, 1.82) is 0 Å². The molecule has 2 heterocycles. The zero-order chi connectivity index (χ0) is 12.5. The molecule has 2 fully saturated rings. The Morgan fingerprint density at radius 1 is 1.50 bits per heavy atom. The highest BCUT2D eigenvalue weighted by Gasteiger charge is 2.28. The van der Waals surface area contributed by atoms with Crippen LogP contribution in [-0.2, 0) is 9.47 Å². The van der Waals surface area contributed by atoms with Crippen molar-refractivity contribution in [3.8, 4) is 0 Å². The smallest absolute Gasteiger partial charge is 0.355 e. The normalized spacial score (nSPS) is 23.2. The molecule has 2 N–H and O–H groups in total. The van der Waals surface area contributed by atoms with E-state index in [1.165, 1.54) is 0 Å². The van der Waals surface area contributed by atoms with Gasteiger partial charge in [-0.1, -0.05) is 0 Å². The lowest BCUT2D eigenvalue weighted by molar-refractivity contribution is 0.0152. The Labute approximate surface area is 106 Å². The standard InChI is InChI=1S/C13H18N2O3/c14-9-6-12(15(7-9)10-3-4-10)13(16)18-8-11-2-1-5-17-11/h6-7,10-11H,1-5,8,14H2. The van der Waals surface area contributed by atoms with Crippen molar-refractivity contribution in [3.05, 3.63) is 18.0 Å². The Bertz CT molecular complexity index is 445. The van der Waals surface area contributed by atoms with Crippen molar-refractivity contribution in [3.63, 3.8) is 0 Å².